The quantitative estimate of drug-likeness (QED) is 0.395. The number of nitrogen functional groups attached to an aromatic ring is 1. The fraction of sp³-hybridized carbons (Fsp3) is 0. The Morgan fingerprint density at radius 3 is 2.19 bits per heavy atom. The standard InChI is InChI=1S/C19H13Cl3N2O2/c20-15-8-11(9-16(21)18(15)22)24-19(25)14-10-13(6-7-17(14)23)26-12-4-2-1-3-5-12/h1-10H,23H2,(H,24,25). The highest BCUT2D eigenvalue weighted by molar-refractivity contribution is 6.48. The highest BCUT2D eigenvalue weighted by Gasteiger charge is 2.14. The van der Waals surface area contributed by atoms with Gasteiger partial charge in [-0.2, -0.15) is 0 Å². The number of rotatable bonds is 4. The van der Waals surface area contributed by atoms with Gasteiger partial charge in [-0.15, -0.1) is 0 Å². The summed E-state index contributed by atoms with van der Waals surface area (Å²) in [7, 11) is 0. The maximum atomic E-state index is 12.6. The zero-order valence-electron chi connectivity index (χ0n) is 13.3. The first-order valence-electron chi connectivity index (χ1n) is 7.52. The van der Waals surface area contributed by atoms with E-state index in [9.17, 15) is 4.79 Å². The Balaban J connectivity index is 1.84. The van der Waals surface area contributed by atoms with E-state index < -0.39 is 5.91 Å². The Bertz CT molecular complexity index is 939. The van der Waals surface area contributed by atoms with E-state index in [-0.39, 0.29) is 20.6 Å². The molecule has 0 radical (unpaired) electrons. The molecule has 3 rings (SSSR count). The number of carbonyl (C=O) groups excluding carboxylic acids is 1. The number of hydrogen-bond acceptors (Lipinski definition) is 3. The Morgan fingerprint density at radius 1 is 0.885 bits per heavy atom. The molecule has 0 unspecified atom stereocenters. The minimum absolute atomic E-state index is 0.226. The predicted molar refractivity (Wildman–Crippen MR) is 107 cm³/mol. The molecule has 0 aliphatic rings. The van der Waals surface area contributed by atoms with Crippen LogP contribution in [0.3, 0.4) is 0 Å². The van der Waals surface area contributed by atoms with Crippen LogP contribution in [0.5, 0.6) is 11.5 Å². The maximum absolute atomic E-state index is 12.6. The molecule has 0 spiro atoms. The summed E-state index contributed by atoms with van der Waals surface area (Å²) in [5.74, 6) is 0.720. The molecule has 0 atom stereocenters. The fourth-order valence-electron chi connectivity index (χ4n) is 2.25. The number of anilines is 2. The van der Waals surface area contributed by atoms with E-state index in [4.69, 9.17) is 45.3 Å². The van der Waals surface area contributed by atoms with Crippen molar-refractivity contribution in [1.82, 2.24) is 0 Å². The number of amides is 1. The van der Waals surface area contributed by atoms with Crippen LogP contribution in [0.15, 0.2) is 60.7 Å². The molecule has 132 valence electrons. The van der Waals surface area contributed by atoms with E-state index >= 15 is 0 Å². The van der Waals surface area contributed by atoms with Crippen molar-refractivity contribution in [3.05, 3.63) is 81.3 Å². The van der Waals surface area contributed by atoms with Crippen LogP contribution in [0.4, 0.5) is 11.4 Å². The predicted octanol–water partition coefficient (Wildman–Crippen LogP) is 6.27. The summed E-state index contributed by atoms with van der Waals surface area (Å²) >= 11 is 17.9. The van der Waals surface area contributed by atoms with Crippen LogP contribution in [-0.2, 0) is 0 Å². The smallest absolute Gasteiger partial charge is 0.257 e. The molecular formula is C19H13Cl3N2O2. The van der Waals surface area contributed by atoms with Gasteiger partial charge in [-0.25, -0.2) is 0 Å². The first-order chi connectivity index (χ1) is 12.4. The second-order valence-corrected chi connectivity index (χ2v) is 6.56. The fourth-order valence-corrected chi connectivity index (χ4v) is 2.84. The maximum Gasteiger partial charge on any atom is 0.257 e. The van der Waals surface area contributed by atoms with Gasteiger partial charge in [-0.1, -0.05) is 53.0 Å². The molecule has 0 bridgehead atoms. The molecular weight excluding hydrogens is 395 g/mol. The van der Waals surface area contributed by atoms with Gasteiger partial charge in [0.15, 0.2) is 0 Å². The van der Waals surface area contributed by atoms with Crippen LogP contribution in [0.2, 0.25) is 15.1 Å². The van der Waals surface area contributed by atoms with Crippen molar-refractivity contribution in [2.75, 3.05) is 11.1 Å². The lowest BCUT2D eigenvalue weighted by atomic mass is 10.1. The number of nitrogens with one attached hydrogen (secondary N) is 1. The average Bonchev–Trinajstić information content (AvgIpc) is 2.62. The molecule has 0 aliphatic carbocycles. The molecule has 7 heteroatoms. The lowest BCUT2D eigenvalue weighted by Gasteiger charge is -2.11. The summed E-state index contributed by atoms with van der Waals surface area (Å²) in [5.41, 5.74) is 6.92. The van der Waals surface area contributed by atoms with Crippen LogP contribution >= 0.6 is 34.8 Å². The second kappa shape index (κ2) is 7.87. The van der Waals surface area contributed by atoms with Gasteiger partial charge < -0.3 is 15.8 Å². The molecule has 1 amide bonds. The number of para-hydroxylation sites is 1. The molecule has 0 fully saturated rings. The normalized spacial score (nSPS) is 10.4. The van der Waals surface area contributed by atoms with E-state index in [1.54, 1.807) is 18.2 Å². The Kier molecular flexibility index (Phi) is 5.57. The molecule has 4 nitrogen and oxygen atoms in total. The van der Waals surface area contributed by atoms with Gasteiger partial charge in [0.1, 0.15) is 11.5 Å². The summed E-state index contributed by atoms with van der Waals surface area (Å²) in [6, 6.07) is 17.1. The van der Waals surface area contributed by atoms with Gasteiger partial charge in [0.05, 0.1) is 20.6 Å². The zero-order chi connectivity index (χ0) is 18.7. The lowest BCUT2D eigenvalue weighted by Crippen LogP contribution is -2.14. The highest BCUT2D eigenvalue weighted by Crippen LogP contribution is 2.33. The minimum Gasteiger partial charge on any atom is -0.457 e. The van der Waals surface area contributed by atoms with Crippen LogP contribution in [0.1, 0.15) is 10.4 Å². The summed E-state index contributed by atoms with van der Waals surface area (Å²) in [6.07, 6.45) is 0. The number of carbonyl (C=O) groups is 1. The number of halogens is 3. The summed E-state index contributed by atoms with van der Waals surface area (Å²) < 4.78 is 5.73. The topological polar surface area (TPSA) is 64.3 Å². The second-order valence-electron chi connectivity index (χ2n) is 5.37. The van der Waals surface area contributed by atoms with Crippen molar-refractivity contribution >= 4 is 52.1 Å². The number of hydrogen-bond donors (Lipinski definition) is 2. The number of benzene rings is 3. The summed E-state index contributed by atoms with van der Waals surface area (Å²) in [5, 5.41) is 3.40. The number of ether oxygens (including phenoxy) is 1. The van der Waals surface area contributed by atoms with Crippen molar-refractivity contribution in [3.8, 4) is 11.5 Å². The van der Waals surface area contributed by atoms with E-state index in [1.807, 2.05) is 30.3 Å². The Hall–Kier alpha value is -2.40. The molecule has 3 aromatic carbocycles. The lowest BCUT2D eigenvalue weighted by molar-refractivity contribution is 0.102. The zero-order valence-corrected chi connectivity index (χ0v) is 15.6. The molecule has 0 heterocycles. The van der Waals surface area contributed by atoms with E-state index in [2.05, 4.69) is 5.32 Å². The van der Waals surface area contributed by atoms with Crippen molar-refractivity contribution < 1.29 is 9.53 Å². The minimum atomic E-state index is -0.421. The average molecular weight is 408 g/mol. The van der Waals surface area contributed by atoms with Crippen LogP contribution in [-0.4, -0.2) is 5.91 Å². The van der Waals surface area contributed by atoms with E-state index in [0.29, 0.717) is 22.9 Å². The number of nitrogens with two attached hydrogens (primary N) is 1. The largest absolute Gasteiger partial charge is 0.457 e. The Morgan fingerprint density at radius 2 is 1.54 bits per heavy atom. The van der Waals surface area contributed by atoms with Gasteiger partial charge >= 0.3 is 0 Å². The first kappa shape index (κ1) is 18.4. The van der Waals surface area contributed by atoms with Crippen molar-refractivity contribution in [2.45, 2.75) is 0 Å². The van der Waals surface area contributed by atoms with Crippen LogP contribution < -0.4 is 15.8 Å². The van der Waals surface area contributed by atoms with Gasteiger partial charge in [0.2, 0.25) is 0 Å². The third kappa shape index (κ3) is 4.22. The molecule has 0 aliphatic heterocycles. The van der Waals surface area contributed by atoms with Gasteiger partial charge in [-0.3, -0.25) is 4.79 Å². The Labute approximate surface area is 165 Å². The molecule has 0 aromatic heterocycles. The van der Waals surface area contributed by atoms with Crippen molar-refractivity contribution in [1.29, 1.82) is 0 Å². The van der Waals surface area contributed by atoms with Crippen LogP contribution in [0, 0.1) is 0 Å². The third-order valence-electron chi connectivity index (χ3n) is 3.49. The molecule has 0 saturated heterocycles. The third-order valence-corrected chi connectivity index (χ3v) is 4.69. The van der Waals surface area contributed by atoms with Gasteiger partial charge in [0.25, 0.3) is 5.91 Å². The highest BCUT2D eigenvalue weighted by atomic mass is 35.5. The summed E-state index contributed by atoms with van der Waals surface area (Å²) in [4.78, 5) is 12.6. The summed E-state index contributed by atoms with van der Waals surface area (Å²) in [6.45, 7) is 0. The molecule has 26 heavy (non-hydrogen) atoms. The van der Waals surface area contributed by atoms with E-state index in [1.165, 1.54) is 12.1 Å². The van der Waals surface area contributed by atoms with Gasteiger partial charge in [-0.05, 0) is 42.5 Å². The monoisotopic (exact) mass is 406 g/mol. The molecule has 3 N–H and O–H groups in total. The van der Waals surface area contributed by atoms with Crippen LogP contribution in [0.25, 0.3) is 0 Å². The SMILES string of the molecule is Nc1ccc(Oc2ccccc2)cc1C(=O)Nc1cc(Cl)c(Cl)c(Cl)c1. The first-order valence-corrected chi connectivity index (χ1v) is 8.66. The van der Waals surface area contributed by atoms with Gasteiger partial charge in [0, 0.05) is 11.4 Å². The van der Waals surface area contributed by atoms with Crippen molar-refractivity contribution in [2.24, 2.45) is 0 Å². The molecule has 0 saturated carbocycles. The van der Waals surface area contributed by atoms with Crippen molar-refractivity contribution in [3.63, 3.8) is 0 Å². The van der Waals surface area contributed by atoms with E-state index in [0.717, 1.165) is 0 Å². The molecule has 3 aromatic rings.